The highest BCUT2D eigenvalue weighted by Crippen LogP contribution is 2.44. The third kappa shape index (κ3) is 4.95. The minimum absolute atomic E-state index is 0.00419. The first-order chi connectivity index (χ1) is 17.2. The highest BCUT2D eigenvalue weighted by atomic mass is 32.2. The van der Waals surface area contributed by atoms with Crippen LogP contribution in [0, 0.1) is 12.8 Å². The van der Waals surface area contributed by atoms with E-state index in [0.717, 1.165) is 18.4 Å². The van der Waals surface area contributed by atoms with Gasteiger partial charge < -0.3 is 14.2 Å². The molecule has 0 aromatic carbocycles. The van der Waals surface area contributed by atoms with Gasteiger partial charge in [0, 0.05) is 25.4 Å². The van der Waals surface area contributed by atoms with Gasteiger partial charge in [-0.15, -0.1) is 10.2 Å². The van der Waals surface area contributed by atoms with Crippen molar-refractivity contribution in [3.63, 3.8) is 0 Å². The third-order valence-electron chi connectivity index (χ3n) is 6.25. The van der Waals surface area contributed by atoms with Crippen LogP contribution in [0.5, 0.6) is 11.8 Å². The Kier molecular flexibility index (Phi) is 7.36. The average Bonchev–Trinajstić information content (AvgIpc) is 3.65. The van der Waals surface area contributed by atoms with Crippen LogP contribution in [0.4, 0.5) is 5.95 Å². The van der Waals surface area contributed by atoms with Crippen molar-refractivity contribution in [3.8, 4) is 17.4 Å². The molecule has 1 N–H and O–H groups in total. The molecule has 0 radical (unpaired) electrons. The van der Waals surface area contributed by atoms with Gasteiger partial charge in [0.15, 0.2) is 11.5 Å². The van der Waals surface area contributed by atoms with Crippen molar-refractivity contribution in [1.82, 2.24) is 34.7 Å². The van der Waals surface area contributed by atoms with Crippen molar-refractivity contribution in [3.05, 3.63) is 35.9 Å². The Morgan fingerprint density at radius 1 is 1.00 bits per heavy atom. The zero-order valence-electron chi connectivity index (χ0n) is 21.0. The van der Waals surface area contributed by atoms with Crippen LogP contribution in [-0.4, -0.2) is 69.7 Å². The first kappa shape index (κ1) is 25.7. The molecule has 0 saturated heterocycles. The molecule has 1 saturated carbocycles. The van der Waals surface area contributed by atoms with Gasteiger partial charge in [0.1, 0.15) is 23.5 Å². The van der Waals surface area contributed by atoms with Crippen LogP contribution < -0.4 is 14.2 Å². The lowest BCUT2D eigenvalue weighted by Crippen LogP contribution is -2.33. The number of aryl methyl sites for hydroxylation is 1. The lowest BCUT2D eigenvalue weighted by atomic mass is 10.1. The quantitative estimate of drug-likeness (QED) is 0.397. The van der Waals surface area contributed by atoms with Crippen LogP contribution in [0.25, 0.3) is 5.69 Å². The molecule has 3 aromatic heterocycles. The molecule has 3 aromatic rings. The Bertz CT molecular complexity index is 1290. The lowest BCUT2D eigenvalue weighted by molar-refractivity contribution is 0.0949. The van der Waals surface area contributed by atoms with Crippen LogP contribution >= 0.6 is 0 Å². The van der Waals surface area contributed by atoms with Crippen LogP contribution in [0.15, 0.2) is 18.7 Å². The minimum atomic E-state index is -4.07. The van der Waals surface area contributed by atoms with Gasteiger partial charge in [-0.1, -0.05) is 6.92 Å². The summed E-state index contributed by atoms with van der Waals surface area (Å²) in [6, 6.07) is 0. The Balaban J connectivity index is 1.77. The van der Waals surface area contributed by atoms with Crippen molar-refractivity contribution in [2.45, 2.75) is 50.9 Å². The number of hydrogen-bond acceptors (Lipinski definition) is 11. The number of methoxy groups -OCH3 is 3. The summed E-state index contributed by atoms with van der Waals surface area (Å²) in [6.07, 6.45) is 5.70. The van der Waals surface area contributed by atoms with E-state index < -0.39 is 21.4 Å². The Hall–Kier alpha value is -3.39. The predicted octanol–water partition coefficient (Wildman–Crippen LogP) is 2.20. The van der Waals surface area contributed by atoms with Crippen LogP contribution in [-0.2, 0) is 14.8 Å². The summed E-state index contributed by atoms with van der Waals surface area (Å²) in [7, 11) is 0.251. The molecule has 3 heterocycles. The van der Waals surface area contributed by atoms with E-state index >= 15 is 0 Å². The predicted molar refractivity (Wildman–Crippen MR) is 130 cm³/mol. The molecule has 0 amide bonds. The summed E-state index contributed by atoms with van der Waals surface area (Å²) in [5.74, 6) is 1.52. The average molecular weight is 519 g/mol. The van der Waals surface area contributed by atoms with Crippen molar-refractivity contribution in [2.75, 3.05) is 26.1 Å². The molecule has 3 atom stereocenters. The molecule has 0 bridgehead atoms. The first-order valence-corrected chi connectivity index (χ1v) is 13.0. The van der Waals surface area contributed by atoms with Crippen LogP contribution in [0.2, 0.25) is 0 Å². The molecule has 194 valence electrons. The lowest BCUT2D eigenvalue weighted by Gasteiger charge is -2.23. The summed E-state index contributed by atoms with van der Waals surface area (Å²) in [4.78, 5) is 16.8. The second-order valence-corrected chi connectivity index (χ2v) is 10.7. The monoisotopic (exact) mass is 518 g/mol. The van der Waals surface area contributed by atoms with Crippen LogP contribution in [0.1, 0.15) is 55.9 Å². The van der Waals surface area contributed by atoms with E-state index in [1.165, 1.54) is 34.6 Å². The number of anilines is 1. The molecule has 0 aliphatic heterocycles. The van der Waals surface area contributed by atoms with Gasteiger partial charge in [-0.25, -0.2) is 18.4 Å². The minimum Gasteiger partial charge on any atom is -0.479 e. The SMILES string of the molecule is COc1ncnc(OC)c1-n1c(NS(=O)(=O)[C@@H](C)[C@H](OC)c2ncc(C)cn2)nnc1[C@@H](C)C1CC1. The summed E-state index contributed by atoms with van der Waals surface area (Å²) < 4.78 is 47.6. The number of nitrogens with zero attached hydrogens (tertiary/aromatic N) is 7. The Morgan fingerprint density at radius 2 is 1.61 bits per heavy atom. The maximum atomic E-state index is 13.5. The molecule has 36 heavy (non-hydrogen) atoms. The standard InChI is InChI=1S/C22H30N8O5S/c1-12-9-23-18(24-10-12)17(33-4)14(3)36(31,32)29-22-28-27-19(13(2)15-7-8-15)30(22)16-20(34-5)25-11-26-21(16)35-6/h9-11,13-15,17H,7-8H2,1-6H3,(H,28,29)/t13-,14-,17-/m0/s1. The summed E-state index contributed by atoms with van der Waals surface area (Å²) in [5.41, 5.74) is 1.14. The number of nitrogens with one attached hydrogen (secondary N) is 1. The second-order valence-electron chi connectivity index (χ2n) is 8.71. The molecule has 1 fully saturated rings. The Labute approximate surface area is 209 Å². The molecular formula is C22H30N8O5S. The van der Waals surface area contributed by atoms with E-state index in [9.17, 15) is 8.42 Å². The number of hydrogen-bond donors (Lipinski definition) is 1. The smallest absolute Gasteiger partial charge is 0.245 e. The van der Waals surface area contributed by atoms with Gasteiger partial charge in [-0.2, -0.15) is 9.97 Å². The molecule has 4 rings (SSSR count). The van der Waals surface area contributed by atoms with E-state index in [2.05, 4.69) is 34.9 Å². The topological polar surface area (TPSA) is 156 Å². The van der Waals surface area contributed by atoms with Gasteiger partial charge in [0.05, 0.1) is 14.2 Å². The molecular weight excluding hydrogens is 488 g/mol. The zero-order chi connectivity index (χ0) is 26.0. The molecule has 14 heteroatoms. The number of ether oxygens (including phenoxy) is 3. The third-order valence-corrected chi connectivity index (χ3v) is 7.94. The van der Waals surface area contributed by atoms with Gasteiger partial charge in [-0.3, -0.25) is 9.29 Å². The fourth-order valence-corrected chi connectivity index (χ4v) is 5.09. The van der Waals surface area contributed by atoms with Crippen molar-refractivity contribution in [2.24, 2.45) is 5.92 Å². The van der Waals surface area contributed by atoms with Crippen LogP contribution in [0.3, 0.4) is 0 Å². The molecule has 13 nitrogen and oxygen atoms in total. The number of rotatable bonds is 11. The number of sulfonamides is 1. The molecule has 0 spiro atoms. The summed E-state index contributed by atoms with van der Waals surface area (Å²) in [6.45, 7) is 5.38. The zero-order valence-corrected chi connectivity index (χ0v) is 21.9. The van der Waals surface area contributed by atoms with Gasteiger partial charge in [-0.05, 0) is 38.2 Å². The van der Waals surface area contributed by atoms with Gasteiger partial charge in [0.2, 0.25) is 27.7 Å². The summed E-state index contributed by atoms with van der Waals surface area (Å²) in [5, 5.41) is 7.47. The van der Waals surface area contributed by atoms with Gasteiger partial charge in [0.25, 0.3) is 0 Å². The van der Waals surface area contributed by atoms with E-state index in [1.807, 2.05) is 13.8 Å². The fraction of sp³-hybridized carbons (Fsp3) is 0.545. The highest BCUT2D eigenvalue weighted by Gasteiger charge is 2.38. The Morgan fingerprint density at radius 3 is 2.14 bits per heavy atom. The maximum Gasteiger partial charge on any atom is 0.245 e. The molecule has 1 aliphatic carbocycles. The van der Waals surface area contributed by atoms with E-state index in [1.54, 1.807) is 17.0 Å². The van der Waals surface area contributed by atoms with Crippen molar-refractivity contribution >= 4 is 16.0 Å². The van der Waals surface area contributed by atoms with E-state index in [4.69, 9.17) is 14.2 Å². The first-order valence-electron chi connectivity index (χ1n) is 11.4. The normalized spacial score (nSPS) is 16.3. The number of aromatic nitrogens is 7. The molecule has 1 aliphatic rings. The summed E-state index contributed by atoms with van der Waals surface area (Å²) >= 11 is 0. The van der Waals surface area contributed by atoms with E-state index in [-0.39, 0.29) is 29.5 Å². The largest absolute Gasteiger partial charge is 0.479 e. The van der Waals surface area contributed by atoms with Crippen molar-refractivity contribution in [1.29, 1.82) is 0 Å². The fourth-order valence-electron chi connectivity index (χ4n) is 3.96. The highest BCUT2D eigenvalue weighted by molar-refractivity contribution is 7.93. The second kappa shape index (κ2) is 10.3. The maximum absolute atomic E-state index is 13.5. The van der Waals surface area contributed by atoms with Gasteiger partial charge >= 0.3 is 0 Å². The molecule has 0 unspecified atom stereocenters. The van der Waals surface area contributed by atoms with E-state index in [0.29, 0.717) is 17.4 Å². The van der Waals surface area contributed by atoms with Crippen molar-refractivity contribution < 1.29 is 22.6 Å².